The highest BCUT2D eigenvalue weighted by Crippen LogP contribution is 2.21. The molecule has 4 atom stereocenters. The molecule has 2 bridgehead atoms. The second-order valence-electron chi connectivity index (χ2n) is 12.7. The van der Waals surface area contributed by atoms with Crippen molar-refractivity contribution in [1.29, 1.82) is 0 Å². The lowest BCUT2D eigenvalue weighted by molar-refractivity contribution is -0.143. The maximum absolute atomic E-state index is 13.5. The standard InChI is InChI=1S/C33H47N7O6/c1-20(2)28-33(45)40-16-6-8-26(40)32(44)36-22(5)30(42)37-25(18-23-9-11-24(12-10-23)46-19-27(41)38-28)31(43)35-13-7-15-39-17-14-34-29(39)21(3)4/h9-12,14,17,20-22,25-26,28H,6-8,13,15-16,18-19H2,1-5H3,(H,35,43)(H,36,44)(H,37,42)(H,38,41)/t22-,25-,26+,28-/m0/s1. The van der Waals surface area contributed by atoms with E-state index in [1.54, 1.807) is 37.4 Å². The summed E-state index contributed by atoms with van der Waals surface area (Å²) in [6, 6.07) is 3.41. The van der Waals surface area contributed by atoms with Gasteiger partial charge in [-0.1, -0.05) is 39.8 Å². The number of carbonyl (C=O) groups is 5. The van der Waals surface area contributed by atoms with Crippen molar-refractivity contribution < 1.29 is 28.7 Å². The van der Waals surface area contributed by atoms with Crippen LogP contribution in [0.15, 0.2) is 36.7 Å². The highest BCUT2D eigenvalue weighted by molar-refractivity contribution is 5.96. The summed E-state index contributed by atoms with van der Waals surface area (Å²) in [5.74, 6) is -0.670. The summed E-state index contributed by atoms with van der Waals surface area (Å²) in [7, 11) is 0. The molecule has 0 radical (unpaired) electrons. The summed E-state index contributed by atoms with van der Waals surface area (Å²) in [5.41, 5.74) is 0.763. The Bertz CT molecular complexity index is 1390. The quantitative estimate of drug-likeness (QED) is 0.332. The molecule has 5 rings (SSSR count). The zero-order chi connectivity index (χ0) is 33.4. The number of ether oxygens (including phenoxy) is 1. The van der Waals surface area contributed by atoms with E-state index in [1.165, 1.54) is 4.90 Å². The first-order chi connectivity index (χ1) is 21.9. The molecule has 2 aromatic rings. The molecule has 46 heavy (non-hydrogen) atoms. The summed E-state index contributed by atoms with van der Waals surface area (Å²) in [6.07, 6.45) is 5.60. The van der Waals surface area contributed by atoms with Gasteiger partial charge in [-0.15, -0.1) is 0 Å². The van der Waals surface area contributed by atoms with Gasteiger partial charge in [0.15, 0.2) is 6.61 Å². The average Bonchev–Trinajstić information content (AvgIpc) is 3.70. The fourth-order valence-electron chi connectivity index (χ4n) is 5.79. The zero-order valence-corrected chi connectivity index (χ0v) is 27.4. The molecule has 3 aliphatic heterocycles. The van der Waals surface area contributed by atoms with Gasteiger partial charge in [0.05, 0.1) is 0 Å². The maximum Gasteiger partial charge on any atom is 0.258 e. The van der Waals surface area contributed by atoms with Crippen molar-refractivity contribution in [3.8, 4) is 5.75 Å². The smallest absolute Gasteiger partial charge is 0.258 e. The minimum absolute atomic E-state index is 0.193. The van der Waals surface area contributed by atoms with Crippen LogP contribution in [0.2, 0.25) is 0 Å². The Balaban J connectivity index is 1.49. The number of hydrogen-bond acceptors (Lipinski definition) is 7. The molecule has 5 amide bonds. The molecular formula is C33H47N7O6. The number of aromatic nitrogens is 2. The van der Waals surface area contributed by atoms with Crippen LogP contribution in [-0.2, 0) is 36.9 Å². The predicted molar refractivity (Wildman–Crippen MR) is 171 cm³/mol. The first-order valence-corrected chi connectivity index (χ1v) is 16.2. The van der Waals surface area contributed by atoms with Crippen LogP contribution in [-0.4, -0.2) is 87.9 Å². The van der Waals surface area contributed by atoms with Gasteiger partial charge in [0.1, 0.15) is 35.7 Å². The molecule has 13 heteroatoms. The highest BCUT2D eigenvalue weighted by atomic mass is 16.5. The lowest BCUT2D eigenvalue weighted by atomic mass is 10.0. The topological polar surface area (TPSA) is 164 Å². The SMILES string of the molecule is CC(C)c1nccn1CCCNC(=O)[C@@H]1Cc2ccc(cc2)OCC(=O)N[C@@H](C(C)C)C(=O)N2CCC[C@@H]2C(=O)N[C@@H](C)C(=O)N1. The molecule has 13 nitrogen and oxygen atoms in total. The fraction of sp³-hybridized carbons (Fsp3) is 0.576. The van der Waals surface area contributed by atoms with Crippen molar-refractivity contribution >= 4 is 29.5 Å². The maximum atomic E-state index is 13.5. The third kappa shape index (κ3) is 8.85. The molecular weight excluding hydrogens is 590 g/mol. The van der Waals surface area contributed by atoms with E-state index in [1.807, 2.05) is 20.0 Å². The van der Waals surface area contributed by atoms with Gasteiger partial charge in [-0.25, -0.2) is 4.98 Å². The monoisotopic (exact) mass is 637 g/mol. The van der Waals surface area contributed by atoms with Crippen LogP contribution in [0, 0.1) is 5.92 Å². The van der Waals surface area contributed by atoms with E-state index in [4.69, 9.17) is 4.74 Å². The van der Waals surface area contributed by atoms with Gasteiger partial charge < -0.3 is 35.5 Å². The Morgan fingerprint density at radius 3 is 2.48 bits per heavy atom. The van der Waals surface area contributed by atoms with Crippen LogP contribution in [0.1, 0.15) is 71.2 Å². The van der Waals surface area contributed by atoms with Gasteiger partial charge in [0.25, 0.3) is 5.91 Å². The largest absolute Gasteiger partial charge is 0.484 e. The second-order valence-corrected chi connectivity index (χ2v) is 12.7. The minimum Gasteiger partial charge on any atom is -0.484 e. The van der Waals surface area contributed by atoms with Gasteiger partial charge >= 0.3 is 0 Å². The van der Waals surface area contributed by atoms with Crippen molar-refractivity contribution in [3.05, 3.63) is 48.0 Å². The average molecular weight is 638 g/mol. The number of nitrogens with zero attached hydrogens (tertiary/aromatic N) is 3. The number of amides is 5. The van der Waals surface area contributed by atoms with E-state index in [9.17, 15) is 24.0 Å². The van der Waals surface area contributed by atoms with E-state index in [-0.39, 0.29) is 36.7 Å². The number of hydrogen-bond donors (Lipinski definition) is 4. The van der Waals surface area contributed by atoms with Gasteiger partial charge in [0.2, 0.25) is 23.6 Å². The molecule has 0 aliphatic carbocycles. The molecule has 0 saturated carbocycles. The summed E-state index contributed by atoms with van der Waals surface area (Å²) in [6.45, 7) is 10.5. The first-order valence-electron chi connectivity index (χ1n) is 16.2. The van der Waals surface area contributed by atoms with Crippen molar-refractivity contribution in [2.75, 3.05) is 19.7 Å². The number of nitrogens with one attached hydrogen (secondary N) is 4. The Kier molecular flexibility index (Phi) is 11.8. The lowest BCUT2D eigenvalue weighted by Gasteiger charge is -2.31. The minimum atomic E-state index is -0.963. The predicted octanol–water partition coefficient (Wildman–Crippen LogP) is 1.27. The Hall–Kier alpha value is -4.42. The molecule has 4 heterocycles. The number of carbonyl (C=O) groups excluding carboxylic acids is 5. The lowest BCUT2D eigenvalue weighted by Crippen LogP contribution is -2.58. The number of imidazole rings is 1. The third-order valence-corrected chi connectivity index (χ3v) is 8.34. The number of fused-ring (bicyclic) bond motifs is 13. The van der Waals surface area contributed by atoms with Crippen LogP contribution in [0.5, 0.6) is 5.75 Å². The summed E-state index contributed by atoms with van der Waals surface area (Å²) >= 11 is 0. The van der Waals surface area contributed by atoms with Gasteiger partial charge in [-0.05, 0) is 49.8 Å². The van der Waals surface area contributed by atoms with E-state index in [2.05, 4.69) is 44.7 Å². The van der Waals surface area contributed by atoms with Crippen molar-refractivity contribution in [3.63, 3.8) is 0 Å². The van der Waals surface area contributed by atoms with Crippen LogP contribution in [0.25, 0.3) is 0 Å². The molecule has 0 unspecified atom stereocenters. The number of aryl methyl sites for hydroxylation is 1. The molecule has 250 valence electrons. The summed E-state index contributed by atoms with van der Waals surface area (Å²) < 4.78 is 7.74. The molecule has 0 spiro atoms. The zero-order valence-electron chi connectivity index (χ0n) is 27.4. The van der Waals surface area contributed by atoms with Crippen molar-refractivity contribution in [1.82, 2.24) is 35.7 Å². The molecule has 1 fully saturated rings. The van der Waals surface area contributed by atoms with Gasteiger partial charge in [-0.2, -0.15) is 0 Å². The summed E-state index contributed by atoms with van der Waals surface area (Å²) in [5, 5.41) is 11.3. The van der Waals surface area contributed by atoms with Crippen LogP contribution >= 0.6 is 0 Å². The molecule has 1 saturated heterocycles. The van der Waals surface area contributed by atoms with Crippen LogP contribution < -0.4 is 26.0 Å². The molecule has 3 aliphatic rings. The second kappa shape index (κ2) is 15.7. The molecule has 1 aromatic carbocycles. The first kappa shape index (κ1) is 34.5. The van der Waals surface area contributed by atoms with E-state index >= 15 is 0 Å². The van der Waals surface area contributed by atoms with Crippen molar-refractivity contribution in [2.24, 2.45) is 5.92 Å². The Morgan fingerprint density at radius 1 is 1.04 bits per heavy atom. The van der Waals surface area contributed by atoms with Crippen LogP contribution in [0.3, 0.4) is 0 Å². The number of rotatable bonds is 7. The fourth-order valence-corrected chi connectivity index (χ4v) is 5.79. The molecule has 4 N–H and O–H groups in total. The highest BCUT2D eigenvalue weighted by Gasteiger charge is 2.39. The Labute approximate surface area is 270 Å². The summed E-state index contributed by atoms with van der Waals surface area (Å²) in [4.78, 5) is 72.2. The molecule has 1 aromatic heterocycles. The van der Waals surface area contributed by atoms with E-state index < -0.39 is 41.9 Å². The normalized spacial score (nSPS) is 23.2. The van der Waals surface area contributed by atoms with E-state index in [0.29, 0.717) is 44.6 Å². The Morgan fingerprint density at radius 2 is 1.78 bits per heavy atom. The number of benzene rings is 1. The van der Waals surface area contributed by atoms with Gasteiger partial charge in [0, 0.05) is 44.4 Å². The third-order valence-electron chi connectivity index (χ3n) is 8.34. The van der Waals surface area contributed by atoms with Gasteiger partial charge in [-0.3, -0.25) is 24.0 Å². The van der Waals surface area contributed by atoms with Crippen LogP contribution in [0.4, 0.5) is 0 Å². The van der Waals surface area contributed by atoms with Crippen molar-refractivity contribution in [2.45, 2.75) is 96.9 Å². The van der Waals surface area contributed by atoms with E-state index in [0.717, 1.165) is 11.4 Å².